The second-order valence-corrected chi connectivity index (χ2v) is 7.41. The van der Waals surface area contributed by atoms with E-state index in [4.69, 9.17) is 9.47 Å². The molecule has 0 aromatic heterocycles. The van der Waals surface area contributed by atoms with Gasteiger partial charge < -0.3 is 19.7 Å². The Bertz CT molecular complexity index is 994. The van der Waals surface area contributed by atoms with Gasteiger partial charge in [0.05, 0.1) is 0 Å². The fraction of sp³-hybridized carbons (Fsp3) is 0.318. The van der Waals surface area contributed by atoms with E-state index in [-0.39, 0.29) is 19.2 Å². The van der Waals surface area contributed by atoms with Crippen molar-refractivity contribution in [3.8, 4) is 11.5 Å². The van der Waals surface area contributed by atoms with E-state index in [1.165, 1.54) is 0 Å². The van der Waals surface area contributed by atoms with Crippen molar-refractivity contribution in [3.05, 3.63) is 59.7 Å². The normalized spacial score (nSPS) is 19.7. The molecule has 8 heteroatoms. The van der Waals surface area contributed by atoms with Crippen LogP contribution >= 0.6 is 0 Å². The molecule has 4 amide bonds. The van der Waals surface area contributed by atoms with Crippen LogP contribution < -0.4 is 14.8 Å². The van der Waals surface area contributed by atoms with E-state index in [0.717, 1.165) is 10.5 Å². The van der Waals surface area contributed by atoms with Gasteiger partial charge in [0.2, 0.25) is 12.7 Å². The first-order valence-corrected chi connectivity index (χ1v) is 9.78. The van der Waals surface area contributed by atoms with E-state index in [9.17, 15) is 14.4 Å². The Hall–Kier alpha value is -3.55. The lowest BCUT2D eigenvalue weighted by molar-refractivity contribution is -0.139. The maximum atomic E-state index is 13.0. The van der Waals surface area contributed by atoms with Gasteiger partial charge in [-0.15, -0.1) is 0 Å². The molecular formula is C22H23N3O5. The summed E-state index contributed by atoms with van der Waals surface area (Å²) < 4.78 is 10.7. The van der Waals surface area contributed by atoms with Crippen LogP contribution in [0.1, 0.15) is 25.0 Å². The largest absolute Gasteiger partial charge is 0.454 e. The molecule has 1 unspecified atom stereocenters. The van der Waals surface area contributed by atoms with Gasteiger partial charge in [-0.05, 0) is 37.1 Å². The van der Waals surface area contributed by atoms with Crippen LogP contribution in [0.15, 0.2) is 48.5 Å². The molecule has 2 aliphatic rings. The van der Waals surface area contributed by atoms with Crippen LogP contribution in [-0.4, -0.2) is 47.5 Å². The third-order valence-electron chi connectivity index (χ3n) is 5.46. The van der Waals surface area contributed by atoms with Crippen LogP contribution in [0.5, 0.6) is 11.5 Å². The highest BCUT2D eigenvalue weighted by atomic mass is 16.7. The van der Waals surface area contributed by atoms with Gasteiger partial charge in [0.1, 0.15) is 12.1 Å². The third kappa shape index (κ3) is 3.45. The monoisotopic (exact) mass is 409 g/mol. The minimum Gasteiger partial charge on any atom is -0.454 e. The number of ether oxygens (including phenoxy) is 2. The van der Waals surface area contributed by atoms with Gasteiger partial charge >= 0.3 is 6.03 Å². The smallest absolute Gasteiger partial charge is 0.325 e. The standard InChI is InChI=1S/C22H23N3O5/c1-3-24(12-15-9-10-17-18(11-15)30-14-29-17)19(26)13-25-20(27)22(2,23-21(25)28)16-7-5-4-6-8-16/h4-11H,3,12-14H2,1-2H3,(H,23,28). The summed E-state index contributed by atoms with van der Waals surface area (Å²) in [7, 11) is 0. The molecule has 1 atom stereocenters. The Labute approximate surface area is 174 Å². The summed E-state index contributed by atoms with van der Waals surface area (Å²) in [6.07, 6.45) is 0. The molecule has 0 aliphatic carbocycles. The summed E-state index contributed by atoms with van der Waals surface area (Å²) in [6, 6.07) is 13.9. The van der Waals surface area contributed by atoms with Crippen LogP contribution in [0.3, 0.4) is 0 Å². The first-order valence-electron chi connectivity index (χ1n) is 9.78. The van der Waals surface area contributed by atoms with Crippen molar-refractivity contribution in [3.63, 3.8) is 0 Å². The minimum atomic E-state index is -1.19. The molecule has 1 saturated heterocycles. The third-order valence-corrected chi connectivity index (χ3v) is 5.46. The number of benzene rings is 2. The average molecular weight is 409 g/mol. The second-order valence-electron chi connectivity index (χ2n) is 7.41. The van der Waals surface area contributed by atoms with Crippen LogP contribution in [0.2, 0.25) is 0 Å². The first kappa shape index (κ1) is 19.8. The number of rotatable bonds is 6. The Morgan fingerprint density at radius 1 is 1.13 bits per heavy atom. The van der Waals surface area contributed by atoms with Gasteiger partial charge in [-0.2, -0.15) is 0 Å². The number of nitrogens with one attached hydrogen (secondary N) is 1. The van der Waals surface area contributed by atoms with E-state index in [2.05, 4.69) is 5.32 Å². The molecular weight excluding hydrogens is 386 g/mol. The Kier molecular flexibility index (Phi) is 5.07. The number of urea groups is 1. The summed E-state index contributed by atoms with van der Waals surface area (Å²) in [5.41, 5.74) is 0.360. The molecule has 156 valence electrons. The quantitative estimate of drug-likeness (QED) is 0.740. The number of fused-ring (bicyclic) bond motifs is 1. The van der Waals surface area contributed by atoms with Crippen molar-refractivity contribution in [2.45, 2.75) is 25.9 Å². The van der Waals surface area contributed by atoms with Gasteiger partial charge in [0.15, 0.2) is 11.5 Å². The Morgan fingerprint density at radius 2 is 1.87 bits per heavy atom. The number of carbonyl (C=O) groups is 3. The molecule has 8 nitrogen and oxygen atoms in total. The lowest BCUT2D eigenvalue weighted by atomic mass is 9.92. The van der Waals surface area contributed by atoms with Gasteiger partial charge in [0, 0.05) is 13.1 Å². The minimum absolute atomic E-state index is 0.182. The highest BCUT2D eigenvalue weighted by Crippen LogP contribution is 2.33. The predicted molar refractivity (Wildman–Crippen MR) is 108 cm³/mol. The molecule has 2 aromatic carbocycles. The zero-order valence-corrected chi connectivity index (χ0v) is 16.9. The number of amides is 4. The van der Waals surface area contributed by atoms with Crippen molar-refractivity contribution in [2.24, 2.45) is 0 Å². The molecule has 2 heterocycles. The summed E-state index contributed by atoms with van der Waals surface area (Å²) in [6.45, 7) is 4.15. The van der Waals surface area contributed by atoms with E-state index >= 15 is 0 Å². The van der Waals surface area contributed by atoms with E-state index in [1.807, 2.05) is 25.1 Å². The summed E-state index contributed by atoms with van der Waals surface area (Å²) in [4.78, 5) is 41.0. The molecule has 0 spiro atoms. The zero-order chi connectivity index (χ0) is 21.3. The zero-order valence-electron chi connectivity index (χ0n) is 16.9. The summed E-state index contributed by atoms with van der Waals surface area (Å²) in [5.74, 6) is 0.568. The fourth-order valence-corrected chi connectivity index (χ4v) is 3.68. The number of imide groups is 1. The van der Waals surface area contributed by atoms with Crippen LogP contribution in [0.4, 0.5) is 4.79 Å². The van der Waals surface area contributed by atoms with Crippen molar-refractivity contribution in [2.75, 3.05) is 19.9 Å². The van der Waals surface area contributed by atoms with Gasteiger partial charge in [-0.25, -0.2) is 4.79 Å². The molecule has 0 radical (unpaired) electrons. The number of likely N-dealkylation sites (N-methyl/N-ethyl adjacent to an activating group) is 1. The highest BCUT2D eigenvalue weighted by Gasteiger charge is 2.49. The molecule has 1 N–H and O–H groups in total. The SMILES string of the molecule is CCN(Cc1ccc2c(c1)OCO2)C(=O)CN1C(=O)NC(C)(c2ccccc2)C1=O. The Balaban J connectivity index is 1.47. The van der Waals surface area contributed by atoms with E-state index in [0.29, 0.717) is 30.2 Å². The van der Waals surface area contributed by atoms with Crippen LogP contribution in [-0.2, 0) is 21.7 Å². The van der Waals surface area contributed by atoms with Crippen LogP contribution in [0, 0.1) is 0 Å². The number of nitrogens with zero attached hydrogens (tertiary/aromatic N) is 2. The maximum absolute atomic E-state index is 13.0. The van der Waals surface area contributed by atoms with Gasteiger partial charge in [-0.1, -0.05) is 36.4 Å². The number of hydrogen-bond acceptors (Lipinski definition) is 5. The van der Waals surface area contributed by atoms with Crippen molar-refractivity contribution >= 4 is 17.8 Å². The number of carbonyl (C=O) groups excluding carboxylic acids is 3. The maximum Gasteiger partial charge on any atom is 0.325 e. The first-order chi connectivity index (χ1) is 14.4. The van der Waals surface area contributed by atoms with Crippen molar-refractivity contribution < 1.29 is 23.9 Å². The van der Waals surface area contributed by atoms with Gasteiger partial charge in [0.25, 0.3) is 5.91 Å². The lowest BCUT2D eigenvalue weighted by Crippen LogP contribution is -2.44. The molecule has 30 heavy (non-hydrogen) atoms. The Morgan fingerprint density at radius 3 is 2.60 bits per heavy atom. The van der Waals surface area contributed by atoms with E-state index < -0.39 is 17.5 Å². The summed E-state index contributed by atoms with van der Waals surface area (Å²) in [5, 5.41) is 2.72. The molecule has 0 saturated carbocycles. The molecule has 1 fully saturated rings. The summed E-state index contributed by atoms with van der Waals surface area (Å²) >= 11 is 0. The molecule has 2 aliphatic heterocycles. The van der Waals surface area contributed by atoms with E-state index in [1.54, 1.807) is 42.2 Å². The second kappa shape index (κ2) is 7.70. The molecule has 2 aromatic rings. The van der Waals surface area contributed by atoms with Crippen molar-refractivity contribution in [1.29, 1.82) is 0 Å². The average Bonchev–Trinajstić information content (AvgIpc) is 3.31. The van der Waals surface area contributed by atoms with Gasteiger partial charge in [-0.3, -0.25) is 14.5 Å². The number of hydrogen-bond donors (Lipinski definition) is 1. The molecule has 0 bridgehead atoms. The molecule has 4 rings (SSSR count). The topological polar surface area (TPSA) is 88.2 Å². The lowest BCUT2D eigenvalue weighted by Gasteiger charge is -2.24. The van der Waals surface area contributed by atoms with Crippen LogP contribution in [0.25, 0.3) is 0 Å². The van der Waals surface area contributed by atoms with Crippen molar-refractivity contribution in [1.82, 2.24) is 15.1 Å². The highest BCUT2D eigenvalue weighted by molar-refractivity contribution is 6.09. The predicted octanol–water partition coefficient (Wildman–Crippen LogP) is 2.23. The fourth-order valence-electron chi connectivity index (χ4n) is 3.68.